The lowest BCUT2D eigenvalue weighted by Gasteiger charge is -2.15. The monoisotopic (exact) mass is 321 g/mol. The van der Waals surface area contributed by atoms with Gasteiger partial charge in [-0.3, -0.25) is 0 Å². The summed E-state index contributed by atoms with van der Waals surface area (Å²) in [5.41, 5.74) is 1.45. The first-order valence-corrected chi connectivity index (χ1v) is 7.95. The third-order valence-electron chi connectivity index (χ3n) is 2.68. The highest BCUT2D eigenvalue weighted by Crippen LogP contribution is 2.26. The normalized spacial score (nSPS) is 12.3. The van der Waals surface area contributed by atoms with Gasteiger partial charge in [-0.25, -0.2) is 13.4 Å². The van der Waals surface area contributed by atoms with Crippen LogP contribution < -0.4 is 0 Å². The Hall–Kier alpha value is -0.960. The molecule has 19 heavy (non-hydrogen) atoms. The molecule has 2 aromatic heterocycles. The fraction of sp³-hybridized carbons (Fsp3) is 0.400. The molecule has 0 N–H and O–H groups in total. The predicted molar refractivity (Wildman–Crippen MR) is 71.8 cm³/mol. The summed E-state index contributed by atoms with van der Waals surface area (Å²) in [7, 11) is -2.10. The molecule has 2 rings (SSSR count). The van der Waals surface area contributed by atoms with E-state index in [4.69, 9.17) is 16.1 Å². The molecule has 0 aromatic carbocycles. The smallest absolute Gasteiger partial charge is 0.254 e. The summed E-state index contributed by atoms with van der Waals surface area (Å²) in [6.07, 6.45) is 1.26. The topological polar surface area (TPSA) is 76.3 Å². The van der Waals surface area contributed by atoms with Crippen LogP contribution >= 0.6 is 22.9 Å². The molecule has 0 fully saturated rings. The summed E-state index contributed by atoms with van der Waals surface area (Å²) in [5, 5.41) is 3.80. The van der Waals surface area contributed by atoms with Gasteiger partial charge in [-0.2, -0.15) is 4.31 Å². The van der Waals surface area contributed by atoms with Crippen LogP contribution in [0.2, 0.25) is 4.47 Å². The minimum absolute atomic E-state index is 0.117. The molecule has 104 valence electrons. The van der Waals surface area contributed by atoms with Crippen LogP contribution in [0.1, 0.15) is 17.0 Å². The molecule has 2 heterocycles. The lowest BCUT2D eigenvalue weighted by atomic mass is 10.2. The zero-order chi connectivity index (χ0) is 14.2. The van der Waals surface area contributed by atoms with Gasteiger partial charge in [-0.1, -0.05) is 28.1 Å². The van der Waals surface area contributed by atoms with Crippen LogP contribution in [-0.4, -0.2) is 29.9 Å². The van der Waals surface area contributed by atoms with Gasteiger partial charge >= 0.3 is 0 Å². The van der Waals surface area contributed by atoms with E-state index in [1.807, 2.05) is 0 Å². The average molecular weight is 322 g/mol. The molecular weight excluding hydrogens is 310 g/mol. The zero-order valence-electron chi connectivity index (χ0n) is 10.5. The van der Waals surface area contributed by atoms with Crippen molar-refractivity contribution < 1.29 is 12.9 Å². The highest BCUT2D eigenvalue weighted by molar-refractivity contribution is 7.91. The van der Waals surface area contributed by atoms with Gasteiger partial charge in [0.05, 0.1) is 11.9 Å². The lowest BCUT2D eigenvalue weighted by Crippen LogP contribution is -2.26. The largest absolute Gasteiger partial charge is 0.361 e. The second-order valence-electron chi connectivity index (χ2n) is 4.00. The van der Waals surface area contributed by atoms with Crippen molar-refractivity contribution in [1.82, 2.24) is 14.4 Å². The quantitative estimate of drug-likeness (QED) is 0.863. The fourth-order valence-corrected chi connectivity index (χ4v) is 4.19. The van der Waals surface area contributed by atoms with Crippen molar-refractivity contribution in [3.05, 3.63) is 27.7 Å². The number of aryl methyl sites for hydroxylation is 2. The van der Waals surface area contributed by atoms with Crippen LogP contribution in [0.4, 0.5) is 0 Å². The van der Waals surface area contributed by atoms with Crippen LogP contribution in [-0.2, 0) is 16.6 Å². The molecule has 0 atom stereocenters. The van der Waals surface area contributed by atoms with E-state index in [0.717, 1.165) is 16.9 Å². The maximum absolute atomic E-state index is 12.3. The molecule has 0 aliphatic carbocycles. The van der Waals surface area contributed by atoms with E-state index >= 15 is 0 Å². The van der Waals surface area contributed by atoms with Crippen molar-refractivity contribution in [3.63, 3.8) is 0 Å². The SMILES string of the molecule is Cc1noc(C)c1CN(C)S(=O)(=O)c1cnc(Cl)s1. The second kappa shape index (κ2) is 5.20. The number of nitrogens with zero attached hydrogens (tertiary/aromatic N) is 3. The van der Waals surface area contributed by atoms with Crippen LogP contribution in [0, 0.1) is 13.8 Å². The van der Waals surface area contributed by atoms with Crippen LogP contribution in [0.25, 0.3) is 0 Å². The van der Waals surface area contributed by atoms with Crippen molar-refractivity contribution in [2.75, 3.05) is 7.05 Å². The Labute approximate surface area is 120 Å². The van der Waals surface area contributed by atoms with Crippen LogP contribution in [0.5, 0.6) is 0 Å². The van der Waals surface area contributed by atoms with Gasteiger partial charge in [-0.15, -0.1) is 0 Å². The minimum Gasteiger partial charge on any atom is -0.361 e. The van der Waals surface area contributed by atoms with Crippen molar-refractivity contribution >= 4 is 33.0 Å². The number of sulfonamides is 1. The molecule has 0 saturated heterocycles. The summed E-state index contributed by atoms with van der Waals surface area (Å²) in [4.78, 5) is 3.74. The summed E-state index contributed by atoms with van der Waals surface area (Å²) in [5.74, 6) is 0.613. The number of thiazole rings is 1. The van der Waals surface area contributed by atoms with Crippen LogP contribution in [0.3, 0.4) is 0 Å². The van der Waals surface area contributed by atoms with Crippen molar-refractivity contribution in [1.29, 1.82) is 0 Å². The zero-order valence-corrected chi connectivity index (χ0v) is 12.9. The number of halogens is 1. The Balaban J connectivity index is 2.27. The van der Waals surface area contributed by atoms with Gasteiger partial charge in [0.25, 0.3) is 10.0 Å². The number of hydrogen-bond donors (Lipinski definition) is 0. The molecule has 0 aliphatic heterocycles. The number of aromatic nitrogens is 2. The first kappa shape index (κ1) is 14.4. The number of rotatable bonds is 4. The Kier molecular flexibility index (Phi) is 3.95. The average Bonchev–Trinajstić information content (AvgIpc) is 2.90. The summed E-state index contributed by atoms with van der Waals surface area (Å²) in [6, 6.07) is 0. The van der Waals surface area contributed by atoms with Crippen LogP contribution in [0.15, 0.2) is 14.9 Å². The van der Waals surface area contributed by atoms with Gasteiger partial charge in [-0.05, 0) is 13.8 Å². The maximum atomic E-state index is 12.3. The summed E-state index contributed by atoms with van der Waals surface area (Å²) >= 11 is 6.59. The molecule has 0 spiro atoms. The van der Waals surface area contributed by atoms with Gasteiger partial charge in [0, 0.05) is 19.2 Å². The summed E-state index contributed by atoms with van der Waals surface area (Å²) < 4.78 is 31.1. The van der Waals surface area contributed by atoms with Gasteiger partial charge in [0.1, 0.15) is 5.76 Å². The van der Waals surface area contributed by atoms with Crippen molar-refractivity contribution in [2.45, 2.75) is 24.6 Å². The molecule has 0 saturated carbocycles. The fourth-order valence-electron chi connectivity index (χ4n) is 1.55. The molecule has 2 aromatic rings. The van der Waals surface area contributed by atoms with E-state index in [1.165, 1.54) is 17.5 Å². The molecular formula is C10H12ClN3O3S2. The van der Waals surface area contributed by atoms with E-state index in [2.05, 4.69) is 10.1 Å². The Bertz CT molecular complexity index is 673. The third-order valence-corrected chi connectivity index (χ3v) is 6.04. The highest BCUT2D eigenvalue weighted by Gasteiger charge is 2.25. The van der Waals surface area contributed by atoms with E-state index in [-0.39, 0.29) is 15.2 Å². The standard InChI is InChI=1S/C10H12ClN3O3S2/c1-6-8(7(2)17-13-6)5-14(3)19(15,16)9-4-12-10(11)18-9/h4H,5H2,1-3H3. The van der Waals surface area contributed by atoms with Crippen molar-refractivity contribution in [2.24, 2.45) is 0 Å². The van der Waals surface area contributed by atoms with Gasteiger partial charge in [0.2, 0.25) is 0 Å². The first-order valence-electron chi connectivity index (χ1n) is 5.32. The minimum atomic E-state index is -3.59. The summed E-state index contributed by atoms with van der Waals surface area (Å²) in [6.45, 7) is 3.72. The molecule has 0 unspecified atom stereocenters. The second-order valence-corrected chi connectivity index (χ2v) is 7.88. The van der Waals surface area contributed by atoms with E-state index < -0.39 is 10.0 Å². The van der Waals surface area contributed by atoms with Crippen molar-refractivity contribution in [3.8, 4) is 0 Å². The molecule has 0 aliphatic rings. The van der Waals surface area contributed by atoms with E-state index in [9.17, 15) is 8.42 Å². The lowest BCUT2D eigenvalue weighted by molar-refractivity contribution is 0.390. The Morgan fingerprint density at radius 3 is 2.63 bits per heavy atom. The molecule has 6 nitrogen and oxygen atoms in total. The molecule has 9 heteroatoms. The maximum Gasteiger partial charge on any atom is 0.254 e. The molecule has 0 radical (unpaired) electrons. The van der Waals surface area contributed by atoms with E-state index in [0.29, 0.717) is 11.5 Å². The Morgan fingerprint density at radius 2 is 2.16 bits per heavy atom. The highest BCUT2D eigenvalue weighted by atomic mass is 35.5. The molecule has 0 amide bonds. The number of hydrogen-bond acceptors (Lipinski definition) is 6. The molecule has 0 bridgehead atoms. The Morgan fingerprint density at radius 1 is 1.47 bits per heavy atom. The van der Waals surface area contributed by atoms with E-state index in [1.54, 1.807) is 13.8 Å². The van der Waals surface area contributed by atoms with Gasteiger partial charge < -0.3 is 4.52 Å². The first-order chi connectivity index (χ1) is 8.82. The third kappa shape index (κ3) is 2.81. The van der Waals surface area contributed by atoms with Gasteiger partial charge in [0.15, 0.2) is 8.68 Å². The predicted octanol–water partition coefficient (Wildman–Crippen LogP) is 2.22.